The van der Waals surface area contributed by atoms with Crippen molar-refractivity contribution in [1.29, 1.82) is 0 Å². The second kappa shape index (κ2) is 3.69. The minimum Gasteiger partial charge on any atom is -0.327 e. The summed E-state index contributed by atoms with van der Waals surface area (Å²) in [5, 5.41) is 2.10. The highest BCUT2D eigenvalue weighted by Crippen LogP contribution is 2.17. The Hall–Kier alpha value is -0.600. The molecule has 0 spiro atoms. The number of hydrogen-bond acceptors (Lipinski definition) is 2. The van der Waals surface area contributed by atoms with Gasteiger partial charge in [0.1, 0.15) is 0 Å². The molecule has 1 rings (SSSR count). The first kappa shape index (κ1) is 8.50. The van der Waals surface area contributed by atoms with E-state index in [4.69, 9.17) is 5.73 Å². The van der Waals surface area contributed by atoms with Crippen LogP contribution in [0.2, 0.25) is 0 Å². The molecule has 2 N–H and O–H groups in total. The lowest BCUT2D eigenvalue weighted by Gasteiger charge is -1.94. The van der Waals surface area contributed by atoms with E-state index in [1.54, 1.807) is 11.3 Å². The van der Waals surface area contributed by atoms with Crippen LogP contribution < -0.4 is 5.73 Å². The van der Waals surface area contributed by atoms with Gasteiger partial charge in [-0.05, 0) is 30.9 Å². The quantitative estimate of drug-likeness (QED) is 0.719. The molecule has 0 bridgehead atoms. The maximum atomic E-state index is 5.47. The van der Waals surface area contributed by atoms with Crippen molar-refractivity contribution in [1.82, 2.24) is 0 Å². The molecule has 1 aromatic heterocycles. The molecule has 1 aromatic rings. The maximum absolute atomic E-state index is 5.47. The molecule has 0 saturated carbocycles. The summed E-state index contributed by atoms with van der Waals surface area (Å²) in [4.78, 5) is 1.36. The summed E-state index contributed by atoms with van der Waals surface area (Å²) in [6.45, 7) is 4.83. The number of hydrogen-bond donors (Lipinski definition) is 1. The molecule has 0 aliphatic carbocycles. The van der Waals surface area contributed by atoms with Crippen LogP contribution in [0.15, 0.2) is 17.0 Å². The number of rotatable bonds is 2. The van der Waals surface area contributed by atoms with E-state index in [-0.39, 0.29) is 0 Å². The van der Waals surface area contributed by atoms with Gasteiger partial charge in [0.25, 0.3) is 0 Å². The average molecular weight is 167 g/mol. The Balaban J connectivity index is 2.86. The van der Waals surface area contributed by atoms with Crippen LogP contribution in [0.25, 0.3) is 6.08 Å². The van der Waals surface area contributed by atoms with Gasteiger partial charge >= 0.3 is 0 Å². The van der Waals surface area contributed by atoms with Gasteiger partial charge < -0.3 is 5.73 Å². The van der Waals surface area contributed by atoms with Crippen LogP contribution in [-0.2, 0) is 0 Å². The molecule has 11 heavy (non-hydrogen) atoms. The monoisotopic (exact) mass is 167 g/mol. The fraction of sp³-hybridized carbons (Fsp3) is 0.333. The number of aryl methyl sites for hydroxylation is 1. The van der Waals surface area contributed by atoms with Crippen LogP contribution in [0.1, 0.15) is 17.4 Å². The summed E-state index contributed by atoms with van der Waals surface area (Å²) >= 11 is 1.77. The van der Waals surface area contributed by atoms with Crippen molar-refractivity contribution >= 4 is 17.4 Å². The molecule has 1 nitrogen and oxygen atoms in total. The van der Waals surface area contributed by atoms with Gasteiger partial charge in [-0.25, -0.2) is 0 Å². The molecule has 0 aromatic carbocycles. The molecule has 0 fully saturated rings. The van der Waals surface area contributed by atoms with Gasteiger partial charge in [0.15, 0.2) is 0 Å². The third-order valence-corrected chi connectivity index (χ3v) is 2.48. The first-order valence-corrected chi connectivity index (χ1v) is 4.53. The van der Waals surface area contributed by atoms with Crippen LogP contribution in [0.3, 0.4) is 0 Å². The minimum absolute atomic E-state index is 0.648. The standard InChI is InChI=1S/C9H13NS/c1-7(6-10)5-9-3-4-11-8(9)2/h3-5H,6,10H2,1-2H3/b7-5-. The third kappa shape index (κ3) is 2.17. The Morgan fingerprint density at radius 1 is 1.73 bits per heavy atom. The Labute approximate surface area is 71.5 Å². The predicted molar refractivity (Wildman–Crippen MR) is 51.8 cm³/mol. The molecule has 0 aliphatic heterocycles. The molecule has 60 valence electrons. The second-order valence-electron chi connectivity index (χ2n) is 2.63. The van der Waals surface area contributed by atoms with E-state index in [2.05, 4.69) is 31.4 Å². The fourth-order valence-electron chi connectivity index (χ4n) is 0.869. The van der Waals surface area contributed by atoms with Crippen LogP contribution in [0.4, 0.5) is 0 Å². The summed E-state index contributed by atoms with van der Waals surface area (Å²) < 4.78 is 0. The molecule has 0 saturated heterocycles. The van der Waals surface area contributed by atoms with Gasteiger partial charge in [0, 0.05) is 11.4 Å². The number of thiophene rings is 1. The van der Waals surface area contributed by atoms with E-state index in [1.165, 1.54) is 16.0 Å². The van der Waals surface area contributed by atoms with Crippen molar-refractivity contribution in [3.8, 4) is 0 Å². The van der Waals surface area contributed by atoms with E-state index in [1.807, 2.05) is 0 Å². The van der Waals surface area contributed by atoms with Gasteiger partial charge in [-0.2, -0.15) is 0 Å². The van der Waals surface area contributed by atoms with Gasteiger partial charge in [-0.1, -0.05) is 11.6 Å². The average Bonchev–Trinajstić information content (AvgIpc) is 2.37. The van der Waals surface area contributed by atoms with Gasteiger partial charge in [0.2, 0.25) is 0 Å². The summed E-state index contributed by atoms with van der Waals surface area (Å²) in [7, 11) is 0. The molecular formula is C9H13NS. The van der Waals surface area contributed by atoms with Crippen molar-refractivity contribution in [3.05, 3.63) is 27.5 Å². The highest BCUT2D eigenvalue weighted by Gasteiger charge is 1.94. The lowest BCUT2D eigenvalue weighted by Crippen LogP contribution is -1.99. The summed E-state index contributed by atoms with van der Waals surface area (Å²) in [5.41, 5.74) is 8.01. The van der Waals surface area contributed by atoms with Crippen LogP contribution in [0, 0.1) is 6.92 Å². The Kier molecular flexibility index (Phi) is 2.85. The topological polar surface area (TPSA) is 26.0 Å². The summed E-state index contributed by atoms with van der Waals surface area (Å²) in [6.07, 6.45) is 2.14. The van der Waals surface area contributed by atoms with Crippen molar-refractivity contribution < 1.29 is 0 Å². The fourth-order valence-corrected chi connectivity index (χ4v) is 1.55. The van der Waals surface area contributed by atoms with Crippen LogP contribution in [0.5, 0.6) is 0 Å². The Morgan fingerprint density at radius 3 is 2.91 bits per heavy atom. The van der Waals surface area contributed by atoms with Crippen LogP contribution in [-0.4, -0.2) is 6.54 Å². The first-order chi connectivity index (χ1) is 5.24. The van der Waals surface area contributed by atoms with E-state index < -0.39 is 0 Å². The predicted octanol–water partition coefficient (Wildman–Crippen LogP) is 2.42. The maximum Gasteiger partial charge on any atom is 0.0137 e. The first-order valence-electron chi connectivity index (χ1n) is 3.65. The molecule has 1 heterocycles. The van der Waals surface area contributed by atoms with Crippen molar-refractivity contribution in [2.45, 2.75) is 13.8 Å². The minimum atomic E-state index is 0.648. The molecule has 0 radical (unpaired) electrons. The van der Waals surface area contributed by atoms with Gasteiger partial charge in [-0.3, -0.25) is 0 Å². The van der Waals surface area contributed by atoms with Crippen molar-refractivity contribution in [2.75, 3.05) is 6.54 Å². The normalized spacial score (nSPS) is 12.1. The van der Waals surface area contributed by atoms with Crippen molar-refractivity contribution in [3.63, 3.8) is 0 Å². The molecule has 0 atom stereocenters. The third-order valence-electron chi connectivity index (χ3n) is 1.62. The largest absolute Gasteiger partial charge is 0.327 e. The lowest BCUT2D eigenvalue weighted by molar-refractivity contribution is 1.15. The van der Waals surface area contributed by atoms with Crippen molar-refractivity contribution in [2.24, 2.45) is 5.73 Å². The van der Waals surface area contributed by atoms with E-state index in [9.17, 15) is 0 Å². The molecule has 2 heteroatoms. The molecule has 0 amide bonds. The molecular weight excluding hydrogens is 154 g/mol. The highest BCUT2D eigenvalue weighted by molar-refractivity contribution is 7.10. The highest BCUT2D eigenvalue weighted by atomic mass is 32.1. The van der Waals surface area contributed by atoms with E-state index in [0.29, 0.717) is 6.54 Å². The Bertz CT molecular complexity index is 260. The zero-order valence-corrected chi connectivity index (χ0v) is 7.74. The Morgan fingerprint density at radius 2 is 2.45 bits per heavy atom. The second-order valence-corrected chi connectivity index (χ2v) is 3.75. The SMILES string of the molecule is C/C(=C/c1ccsc1C)CN. The summed E-state index contributed by atoms with van der Waals surface area (Å²) in [6, 6.07) is 2.12. The lowest BCUT2D eigenvalue weighted by atomic mass is 10.2. The van der Waals surface area contributed by atoms with E-state index >= 15 is 0 Å². The van der Waals surface area contributed by atoms with E-state index in [0.717, 1.165) is 0 Å². The van der Waals surface area contributed by atoms with Gasteiger partial charge in [-0.15, -0.1) is 11.3 Å². The zero-order valence-electron chi connectivity index (χ0n) is 6.92. The smallest absolute Gasteiger partial charge is 0.0137 e. The zero-order chi connectivity index (χ0) is 8.27. The number of nitrogens with two attached hydrogens (primary N) is 1. The summed E-state index contributed by atoms with van der Waals surface area (Å²) in [5.74, 6) is 0. The van der Waals surface area contributed by atoms with Crippen LogP contribution >= 0.6 is 11.3 Å². The molecule has 0 unspecified atom stereocenters. The molecule has 0 aliphatic rings. The van der Waals surface area contributed by atoms with Gasteiger partial charge in [0.05, 0.1) is 0 Å².